The largest absolute Gasteiger partial charge is 0.376 e. The number of hydrogen-bond donors (Lipinski definition) is 2. The molecule has 1 aromatic rings. The molecule has 0 bridgehead atoms. The minimum atomic E-state index is -0.561. The zero-order chi connectivity index (χ0) is 14.6. The molecule has 0 aliphatic carbocycles. The normalized spacial score (nSPS) is 18.9. The average Bonchev–Trinajstić information content (AvgIpc) is 2.89. The van der Waals surface area contributed by atoms with Crippen molar-refractivity contribution in [1.82, 2.24) is 10.6 Å². The Bertz CT molecular complexity index is 453. The van der Waals surface area contributed by atoms with Crippen LogP contribution in [0.2, 0.25) is 0 Å². The number of nitrogens with one attached hydrogen (secondary N) is 2. The van der Waals surface area contributed by atoms with Crippen LogP contribution in [0.1, 0.15) is 32.3 Å². The first kappa shape index (κ1) is 14.8. The predicted molar refractivity (Wildman–Crippen MR) is 74.9 cm³/mol. The molecule has 20 heavy (non-hydrogen) atoms. The van der Waals surface area contributed by atoms with E-state index in [1.54, 1.807) is 12.1 Å². The minimum absolute atomic E-state index is 0.120. The van der Waals surface area contributed by atoms with Crippen LogP contribution in [0.4, 0.5) is 9.18 Å². The van der Waals surface area contributed by atoms with Crippen molar-refractivity contribution in [1.29, 1.82) is 0 Å². The zero-order valence-electron chi connectivity index (χ0n) is 11.9. The van der Waals surface area contributed by atoms with E-state index in [1.807, 2.05) is 13.8 Å². The summed E-state index contributed by atoms with van der Waals surface area (Å²) in [6.45, 7) is 5.05. The highest BCUT2D eigenvalue weighted by Crippen LogP contribution is 2.20. The fourth-order valence-corrected chi connectivity index (χ4v) is 2.28. The lowest BCUT2D eigenvalue weighted by Gasteiger charge is -2.27. The molecule has 4 nitrogen and oxygen atoms in total. The van der Waals surface area contributed by atoms with E-state index in [-0.39, 0.29) is 18.0 Å². The van der Waals surface area contributed by atoms with Crippen molar-refractivity contribution in [2.24, 2.45) is 0 Å². The van der Waals surface area contributed by atoms with E-state index < -0.39 is 5.54 Å². The van der Waals surface area contributed by atoms with E-state index in [4.69, 9.17) is 4.74 Å². The van der Waals surface area contributed by atoms with Gasteiger partial charge in [-0.05, 0) is 44.4 Å². The number of amides is 2. The Morgan fingerprint density at radius 2 is 2.10 bits per heavy atom. The van der Waals surface area contributed by atoms with Crippen LogP contribution in [-0.2, 0) is 10.3 Å². The van der Waals surface area contributed by atoms with E-state index >= 15 is 0 Å². The van der Waals surface area contributed by atoms with Crippen LogP contribution in [0.3, 0.4) is 0 Å². The summed E-state index contributed by atoms with van der Waals surface area (Å²) < 4.78 is 18.4. The van der Waals surface area contributed by atoms with Gasteiger partial charge in [-0.1, -0.05) is 12.1 Å². The number of benzene rings is 1. The van der Waals surface area contributed by atoms with E-state index in [9.17, 15) is 9.18 Å². The molecule has 0 aromatic heterocycles. The summed E-state index contributed by atoms with van der Waals surface area (Å²) in [6, 6.07) is 5.90. The predicted octanol–water partition coefficient (Wildman–Crippen LogP) is 2.54. The van der Waals surface area contributed by atoms with Crippen LogP contribution in [0.15, 0.2) is 24.3 Å². The topological polar surface area (TPSA) is 50.4 Å². The van der Waals surface area contributed by atoms with Crippen LogP contribution in [-0.4, -0.2) is 25.3 Å². The molecule has 1 fully saturated rings. The maximum atomic E-state index is 12.9. The van der Waals surface area contributed by atoms with Gasteiger partial charge in [0.05, 0.1) is 11.6 Å². The van der Waals surface area contributed by atoms with Crippen molar-refractivity contribution in [3.8, 4) is 0 Å². The SMILES string of the molecule is CC(C)(NC(=O)NC[C@@H]1CCCO1)c1ccc(F)cc1. The monoisotopic (exact) mass is 280 g/mol. The number of halogens is 1. The van der Waals surface area contributed by atoms with Gasteiger partial charge in [-0.2, -0.15) is 0 Å². The highest BCUT2D eigenvalue weighted by molar-refractivity contribution is 5.75. The van der Waals surface area contributed by atoms with Crippen molar-refractivity contribution in [3.05, 3.63) is 35.6 Å². The summed E-state index contributed by atoms with van der Waals surface area (Å²) in [4.78, 5) is 11.9. The molecule has 2 N–H and O–H groups in total. The van der Waals surface area contributed by atoms with Crippen molar-refractivity contribution in [3.63, 3.8) is 0 Å². The molecule has 0 unspecified atom stereocenters. The second-order valence-electron chi connectivity index (χ2n) is 5.60. The lowest BCUT2D eigenvalue weighted by Crippen LogP contribution is -2.48. The first-order valence-corrected chi connectivity index (χ1v) is 6.91. The Morgan fingerprint density at radius 3 is 2.70 bits per heavy atom. The maximum Gasteiger partial charge on any atom is 0.315 e. The van der Waals surface area contributed by atoms with Crippen LogP contribution in [0.25, 0.3) is 0 Å². The Hall–Kier alpha value is -1.62. The molecular weight excluding hydrogens is 259 g/mol. The molecule has 2 rings (SSSR count). The third-order valence-corrected chi connectivity index (χ3v) is 3.51. The van der Waals surface area contributed by atoms with E-state index in [1.165, 1.54) is 12.1 Å². The van der Waals surface area contributed by atoms with Crippen LogP contribution in [0, 0.1) is 5.82 Å². The standard InChI is InChI=1S/C15H21FN2O2/c1-15(2,11-5-7-12(16)8-6-11)18-14(19)17-10-13-4-3-9-20-13/h5-8,13H,3-4,9-10H2,1-2H3,(H2,17,18,19)/t13-/m0/s1. The second kappa shape index (κ2) is 6.22. The molecule has 1 aromatic carbocycles. The zero-order valence-corrected chi connectivity index (χ0v) is 11.9. The Kier molecular flexibility index (Phi) is 4.60. The minimum Gasteiger partial charge on any atom is -0.376 e. The highest BCUT2D eigenvalue weighted by Gasteiger charge is 2.23. The number of carbonyl (C=O) groups is 1. The van der Waals surface area contributed by atoms with Gasteiger partial charge in [-0.25, -0.2) is 9.18 Å². The average molecular weight is 280 g/mol. The molecular formula is C15H21FN2O2. The lowest BCUT2D eigenvalue weighted by atomic mass is 9.94. The summed E-state index contributed by atoms with van der Waals surface area (Å²) in [5, 5.41) is 5.70. The summed E-state index contributed by atoms with van der Waals surface area (Å²) in [5.74, 6) is -0.285. The molecule has 1 aliphatic rings. The highest BCUT2D eigenvalue weighted by atomic mass is 19.1. The first-order chi connectivity index (χ1) is 9.47. The van der Waals surface area contributed by atoms with Gasteiger partial charge in [0.25, 0.3) is 0 Å². The first-order valence-electron chi connectivity index (χ1n) is 6.91. The summed E-state index contributed by atoms with van der Waals surface area (Å²) >= 11 is 0. The Labute approximate surface area is 118 Å². The smallest absolute Gasteiger partial charge is 0.315 e. The lowest BCUT2D eigenvalue weighted by molar-refractivity contribution is 0.111. The summed E-state index contributed by atoms with van der Waals surface area (Å²) in [7, 11) is 0. The molecule has 0 spiro atoms. The fraction of sp³-hybridized carbons (Fsp3) is 0.533. The van der Waals surface area contributed by atoms with Gasteiger partial charge in [0.1, 0.15) is 5.82 Å². The molecule has 1 aliphatic heterocycles. The second-order valence-corrected chi connectivity index (χ2v) is 5.60. The van der Waals surface area contributed by atoms with Gasteiger partial charge in [0, 0.05) is 13.2 Å². The molecule has 5 heteroatoms. The van der Waals surface area contributed by atoms with E-state index in [0.717, 1.165) is 25.0 Å². The van der Waals surface area contributed by atoms with Gasteiger partial charge in [0.2, 0.25) is 0 Å². The summed E-state index contributed by atoms with van der Waals surface area (Å²) in [6.07, 6.45) is 2.16. The van der Waals surface area contributed by atoms with Crippen molar-refractivity contribution < 1.29 is 13.9 Å². The quantitative estimate of drug-likeness (QED) is 0.890. The molecule has 0 saturated carbocycles. The molecule has 2 amide bonds. The van der Waals surface area contributed by atoms with Crippen LogP contribution >= 0.6 is 0 Å². The summed E-state index contributed by atoms with van der Waals surface area (Å²) in [5.41, 5.74) is 0.292. The Morgan fingerprint density at radius 1 is 1.40 bits per heavy atom. The van der Waals surface area contributed by atoms with Crippen molar-refractivity contribution in [2.45, 2.75) is 38.3 Å². The Balaban J connectivity index is 1.86. The number of rotatable bonds is 4. The molecule has 1 saturated heterocycles. The van der Waals surface area contributed by atoms with Gasteiger partial charge in [0.15, 0.2) is 0 Å². The number of carbonyl (C=O) groups excluding carboxylic acids is 1. The van der Waals surface area contributed by atoms with Crippen molar-refractivity contribution in [2.75, 3.05) is 13.2 Å². The van der Waals surface area contributed by atoms with Crippen LogP contribution in [0.5, 0.6) is 0 Å². The molecule has 0 radical (unpaired) electrons. The molecule has 1 heterocycles. The third-order valence-electron chi connectivity index (χ3n) is 3.51. The fourth-order valence-electron chi connectivity index (χ4n) is 2.28. The van der Waals surface area contributed by atoms with Crippen LogP contribution < -0.4 is 10.6 Å². The van der Waals surface area contributed by atoms with Crippen molar-refractivity contribution >= 4 is 6.03 Å². The molecule has 110 valence electrons. The maximum absolute atomic E-state index is 12.9. The van der Waals surface area contributed by atoms with Gasteiger partial charge >= 0.3 is 6.03 Å². The number of ether oxygens (including phenoxy) is 1. The third kappa shape index (κ3) is 3.93. The number of hydrogen-bond acceptors (Lipinski definition) is 2. The van der Waals surface area contributed by atoms with Gasteiger partial charge < -0.3 is 15.4 Å². The van der Waals surface area contributed by atoms with Gasteiger partial charge in [-0.3, -0.25) is 0 Å². The number of urea groups is 1. The molecule has 1 atom stereocenters. The van der Waals surface area contributed by atoms with E-state index in [0.29, 0.717) is 6.54 Å². The van der Waals surface area contributed by atoms with Gasteiger partial charge in [-0.15, -0.1) is 0 Å². The van der Waals surface area contributed by atoms with E-state index in [2.05, 4.69) is 10.6 Å².